The molecule has 0 N–H and O–H groups in total. The van der Waals surface area contributed by atoms with Crippen LogP contribution in [0.2, 0.25) is 0 Å². The average molecular weight is 273 g/mol. The Hall–Kier alpha value is -1.94. The van der Waals surface area contributed by atoms with E-state index >= 15 is 0 Å². The molecule has 4 nitrogen and oxygen atoms in total. The molecule has 0 saturated heterocycles. The summed E-state index contributed by atoms with van der Waals surface area (Å²) in [5.74, 6) is 1.55. The number of alkyl halides is 1. The van der Waals surface area contributed by atoms with Gasteiger partial charge in [-0.25, -0.2) is 4.98 Å². The molecular formula is C14H13ClN4. The summed E-state index contributed by atoms with van der Waals surface area (Å²) in [6, 6.07) is 11.9. The number of halogens is 1. The second-order valence-electron chi connectivity index (χ2n) is 4.26. The smallest absolute Gasteiger partial charge is 0.111 e. The summed E-state index contributed by atoms with van der Waals surface area (Å²) in [5, 5.41) is 8.04. The maximum atomic E-state index is 5.86. The summed E-state index contributed by atoms with van der Waals surface area (Å²) < 4.78 is 2.15. The van der Waals surface area contributed by atoms with Crippen LogP contribution in [0.25, 0.3) is 11.0 Å². The van der Waals surface area contributed by atoms with Gasteiger partial charge in [-0.2, -0.15) is 10.2 Å². The Kier molecular flexibility index (Phi) is 3.42. The Balaban J connectivity index is 2.07. The van der Waals surface area contributed by atoms with Gasteiger partial charge in [0.2, 0.25) is 0 Å². The van der Waals surface area contributed by atoms with Crippen molar-refractivity contribution in [2.24, 2.45) is 0 Å². The zero-order chi connectivity index (χ0) is 13.1. The van der Waals surface area contributed by atoms with Gasteiger partial charge in [-0.3, -0.25) is 0 Å². The Morgan fingerprint density at radius 2 is 2.00 bits per heavy atom. The van der Waals surface area contributed by atoms with E-state index in [0.29, 0.717) is 12.4 Å². The van der Waals surface area contributed by atoms with Crippen molar-refractivity contribution in [3.05, 3.63) is 54.1 Å². The van der Waals surface area contributed by atoms with Crippen molar-refractivity contribution < 1.29 is 0 Å². The molecule has 5 heteroatoms. The van der Waals surface area contributed by atoms with Crippen molar-refractivity contribution in [3.63, 3.8) is 0 Å². The fourth-order valence-corrected chi connectivity index (χ4v) is 2.33. The lowest BCUT2D eigenvalue weighted by Gasteiger charge is -2.07. The maximum absolute atomic E-state index is 5.86. The highest BCUT2D eigenvalue weighted by atomic mass is 35.5. The number of aromatic nitrogens is 4. The second-order valence-corrected chi connectivity index (χ2v) is 4.63. The monoisotopic (exact) mass is 272 g/mol. The summed E-state index contributed by atoms with van der Waals surface area (Å²) in [4.78, 5) is 4.63. The van der Waals surface area contributed by atoms with Crippen LogP contribution < -0.4 is 0 Å². The molecule has 19 heavy (non-hydrogen) atoms. The highest BCUT2D eigenvalue weighted by Crippen LogP contribution is 2.17. The lowest BCUT2D eigenvalue weighted by Crippen LogP contribution is -2.07. The van der Waals surface area contributed by atoms with Crippen molar-refractivity contribution in [1.82, 2.24) is 19.7 Å². The van der Waals surface area contributed by atoms with Crippen molar-refractivity contribution in [2.75, 3.05) is 5.88 Å². The van der Waals surface area contributed by atoms with Crippen LogP contribution in [0.3, 0.4) is 0 Å². The molecule has 1 aromatic carbocycles. The first kappa shape index (κ1) is 12.1. The molecule has 2 aromatic heterocycles. The molecule has 0 amide bonds. The van der Waals surface area contributed by atoms with Gasteiger partial charge in [-0.05, 0) is 24.3 Å². The lowest BCUT2D eigenvalue weighted by molar-refractivity contribution is 0.724. The van der Waals surface area contributed by atoms with Gasteiger partial charge in [0, 0.05) is 18.5 Å². The van der Waals surface area contributed by atoms with E-state index in [4.69, 9.17) is 11.6 Å². The maximum Gasteiger partial charge on any atom is 0.111 e. The average Bonchev–Trinajstić information content (AvgIpc) is 2.79. The van der Waals surface area contributed by atoms with Crippen molar-refractivity contribution in [3.8, 4) is 0 Å². The van der Waals surface area contributed by atoms with Gasteiger partial charge in [-0.15, -0.1) is 11.6 Å². The molecule has 0 saturated carbocycles. The van der Waals surface area contributed by atoms with Gasteiger partial charge in [0.25, 0.3) is 0 Å². The van der Waals surface area contributed by atoms with E-state index < -0.39 is 0 Å². The highest BCUT2D eigenvalue weighted by molar-refractivity contribution is 6.17. The number of rotatable bonds is 4. The van der Waals surface area contributed by atoms with Crippen molar-refractivity contribution >= 4 is 22.6 Å². The molecule has 0 bridgehead atoms. The Morgan fingerprint density at radius 3 is 2.79 bits per heavy atom. The van der Waals surface area contributed by atoms with Crippen LogP contribution in [0.1, 0.15) is 11.5 Å². The van der Waals surface area contributed by atoms with Crippen LogP contribution >= 0.6 is 11.6 Å². The number of para-hydroxylation sites is 2. The third-order valence-electron chi connectivity index (χ3n) is 3.00. The SMILES string of the molecule is ClCCc1nc2ccccc2n1Cc1cccnn1. The number of hydrogen-bond donors (Lipinski definition) is 0. The minimum absolute atomic E-state index is 0.559. The third-order valence-corrected chi connectivity index (χ3v) is 3.19. The second kappa shape index (κ2) is 5.36. The van der Waals surface area contributed by atoms with E-state index in [1.807, 2.05) is 30.3 Å². The Bertz CT molecular complexity index is 678. The molecule has 0 radical (unpaired) electrons. The first-order valence-electron chi connectivity index (χ1n) is 6.15. The van der Waals surface area contributed by atoms with E-state index in [-0.39, 0.29) is 0 Å². The molecular weight excluding hydrogens is 260 g/mol. The van der Waals surface area contributed by atoms with Crippen LogP contribution in [0.15, 0.2) is 42.6 Å². The molecule has 3 aromatic rings. The molecule has 2 heterocycles. The molecule has 3 rings (SSSR count). The van der Waals surface area contributed by atoms with Crippen LogP contribution in [0, 0.1) is 0 Å². The minimum Gasteiger partial charge on any atom is -0.322 e. The number of benzene rings is 1. The van der Waals surface area contributed by atoms with Gasteiger partial charge in [-0.1, -0.05) is 12.1 Å². The normalized spacial score (nSPS) is 11.0. The summed E-state index contributed by atoms with van der Waals surface area (Å²) in [5.41, 5.74) is 3.02. The minimum atomic E-state index is 0.559. The fourth-order valence-electron chi connectivity index (χ4n) is 2.16. The predicted octanol–water partition coefficient (Wildman–Crippen LogP) is 2.66. The van der Waals surface area contributed by atoms with Crippen LogP contribution in [-0.4, -0.2) is 25.6 Å². The molecule has 0 atom stereocenters. The van der Waals surface area contributed by atoms with Crippen LogP contribution in [0.4, 0.5) is 0 Å². The largest absolute Gasteiger partial charge is 0.322 e. The number of imidazole rings is 1. The van der Waals surface area contributed by atoms with E-state index in [0.717, 1.165) is 29.0 Å². The first-order valence-corrected chi connectivity index (χ1v) is 6.68. The number of nitrogens with zero attached hydrogens (tertiary/aromatic N) is 4. The van der Waals surface area contributed by atoms with E-state index in [2.05, 4.69) is 25.8 Å². The topological polar surface area (TPSA) is 43.6 Å². The van der Waals surface area contributed by atoms with Gasteiger partial charge >= 0.3 is 0 Å². The van der Waals surface area contributed by atoms with Gasteiger partial charge in [0.15, 0.2) is 0 Å². The molecule has 0 fully saturated rings. The fraction of sp³-hybridized carbons (Fsp3) is 0.214. The first-order chi connectivity index (χ1) is 9.38. The van der Waals surface area contributed by atoms with Crippen molar-refractivity contribution in [2.45, 2.75) is 13.0 Å². The molecule has 0 aliphatic heterocycles. The standard InChI is InChI=1S/C14H13ClN4/c15-8-7-14-17-12-5-1-2-6-13(12)19(14)10-11-4-3-9-16-18-11/h1-6,9H,7-8,10H2. The molecule has 0 unspecified atom stereocenters. The number of fused-ring (bicyclic) bond motifs is 1. The molecule has 96 valence electrons. The summed E-state index contributed by atoms with van der Waals surface area (Å²) in [6.45, 7) is 0.667. The number of aryl methyl sites for hydroxylation is 1. The molecule has 0 spiro atoms. The quantitative estimate of drug-likeness (QED) is 0.686. The Morgan fingerprint density at radius 1 is 1.11 bits per heavy atom. The molecule has 0 aliphatic rings. The van der Waals surface area contributed by atoms with Crippen LogP contribution in [-0.2, 0) is 13.0 Å². The Labute approximate surface area is 116 Å². The van der Waals surface area contributed by atoms with Crippen LogP contribution in [0.5, 0.6) is 0 Å². The lowest BCUT2D eigenvalue weighted by atomic mass is 10.3. The zero-order valence-electron chi connectivity index (χ0n) is 10.3. The third kappa shape index (κ3) is 2.44. The highest BCUT2D eigenvalue weighted by Gasteiger charge is 2.10. The summed E-state index contributed by atoms with van der Waals surface area (Å²) >= 11 is 5.86. The zero-order valence-corrected chi connectivity index (χ0v) is 11.1. The number of hydrogen-bond acceptors (Lipinski definition) is 3. The predicted molar refractivity (Wildman–Crippen MR) is 75.3 cm³/mol. The summed E-state index contributed by atoms with van der Waals surface area (Å²) in [7, 11) is 0. The van der Waals surface area contributed by atoms with Gasteiger partial charge < -0.3 is 4.57 Å². The molecule has 0 aliphatic carbocycles. The van der Waals surface area contributed by atoms with Gasteiger partial charge in [0.1, 0.15) is 5.82 Å². The van der Waals surface area contributed by atoms with E-state index in [9.17, 15) is 0 Å². The van der Waals surface area contributed by atoms with Crippen molar-refractivity contribution in [1.29, 1.82) is 0 Å². The van der Waals surface area contributed by atoms with E-state index in [1.54, 1.807) is 6.20 Å². The van der Waals surface area contributed by atoms with Gasteiger partial charge in [0.05, 0.1) is 23.3 Å². The van der Waals surface area contributed by atoms with E-state index in [1.165, 1.54) is 0 Å². The summed E-state index contributed by atoms with van der Waals surface area (Å²) in [6.07, 6.45) is 2.42.